The minimum Gasteiger partial charge on any atom is -0.423 e. The van der Waals surface area contributed by atoms with Crippen LogP contribution in [0.4, 0.5) is 10.4 Å². The van der Waals surface area contributed by atoms with E-state index in [1.54, 1.807) is 6.07 Å². The third-order valence-corrected chi connectivity index (χ3v) is 6.84. The lowest BCUT2D eigenvalue weighted by Gasteiger charge is -2.44. The Kier molecular flexibility index (Phi) is 4.84. The number of pyridine rings is 1. The summed E-state index contributed by atoms with van der Waals surface area (Å²) in [6.45, 7) is 3.97. The van der Waals surface area contributed by atoms with Crippen LogP contribution in [0.15, 0.2) is 47.1 Å². The molecule has 2 saturated heterocycles. The molecule has 5 heterocycles. The van der Waals surface area contributed by atoms with Gasteiger partial charge in [0, 0.05) is 38.9 Å². The number of nitrogens with zero attached hydrogens (tertiary/aromatic N) is 5. The van der Waals surface area contributed by atoms with Crippen molar-refractivity contribution in [3.8, 4) is 0 Å². The number of anilines is 1. The number of rotatable bonds is 3. The predicted molar refractivity (Wildman–Crippen MR) is 120 cm³/mol. The number of likely N-dealkylation sites (tertiary alicyclic amines) is 1. The summed E-state index contributed by atoms with van der Waals surface area (Å²) in [5.74, 6) is 0.117. The summed E-state index contributed by atoms with van der Waals surface area (Å²) in [5, 5.41) is 0. The Morgan fingerprint density at radius 1 is 1.12 bits per heavy atom. The molecule has 0 amide bonds. The normalized spacial score (nSPS) is 21.1. The average Bonchev–Trinajstić information content (AvgIpc) is 3.40. The quantitative estimate of drug-likeness (QED) is 0.487. The van der Waals surface area contributed by atoms with E-state index < -0.39 is 0 Å². The smallest absolute Gasteiger partial charge is 0.299 e. The Morgan fingerprint density at radius 3 is 2.81 bits per heavy atom. The van der Waals surface area contributed by atoms with Crippen molar-refractivity contribution in [1.29, 1.82) is 0 Å². The van der Waals surface area contributed by atoms with Gasteiger partial charge in [-0.05, 0) is 36.5 Å². The topological polar surface area (TPSA) is 59.6 Å². The second-order valence-electron chi connectivity index (χ2n) is 8.74. The third-order valence-electron chi connectivity index (χ3n) is 6.84. The summed E-state index contributed by atoms with van der Waals surface area (Å²) < 4.78 is 27.6. The first-order valence-electron chi connectivity index (χ1n) is 11.2. The lowest BCUT2D eigenvalue weighted by molar-refractivity contribution is 0.0172. The van der Waals surface area contributed by atoms with Crippen molar-refractivity contribution in [1.82, 2.24) is 19.4 Å². The van der Waals surface area contributed by atoms with Crippen LogP contribution in [0.5, 0.6) is 0 Å². The van der Waals surface area contributed by atoms with E-state index in [-0.39, 0.29) is 12.0 Å². The molecule has 166 valence electrons. The highest BCUT2D eigenvalue weighted by molar-refractivity contribution is 5.80. The number of benzene rings is 1. The number of aromatic nitrogens is 3. The van der Waals surface area contributed by atoms with Crippen molar-refractivity contribution in [2.45, 2.75) is 24.9 Å². The molecule has 0 N–H and O–H groups in total. The van der Waals surface area contributed by atoms with Gasteiger partial charge in [0.25, 0.3) is 6.01 Å². The molecule has 1 aromatic carbocycles. The SMILES string of the molecule is Cn1cc(C2CCN(C3COCCN3c3nc4ccccc4o3)CC2)c2ncc(F)cc21. The Bertz CT molecular complexity index is 1230. The van der Waals surface area contributed by atoms with Gasteiger partial charge in [-0.15, -0.1) is 0 Å². The summed E-state index contributed by atoms with van der Waals surface area (Å²) in [6, 6.07) is 10.1. The highest BCUT2D eigenvalue weighted by Crippen LogP contribution is 2.35. The second kappa shape index (κ2) is 7.86. The molecule has 2 aliphatic heterocycles. The largest absolute Gasteiger partial charge is 0.423 e. The molecule has 0 saturated carbocycles. The molecule has 6 rings (SSSR count). The summed E-state index contributed by atoms with van der Waals surface area (Å²) in [6.07, 6.45) is 5.59. The van der Waals surface area contributed by atoms with Gasteiger partial charge in [-0.2, -0.15) is 4.98 Å². The van der Waals surface area contributed by atoms with E-state index in [0.717, 1.165) is 54.6 Å². The molecule has 1 unspecified atom stereocenters. The zero-order valence-electron chi connectivity index (χ0n) is 18.1. The average molecular weight is 436 g/mol. The van der Waals surface area contributed by atoms with Crippen LogP contribution in [0.2, 0.25) is 0 Å². The number of para-hydroxylation sites is 2. The van der Waals surface area contributed by atoms with E-state index in [0.29, 0.717) is 25.1 Å². The van der Waals surface area contributed by atoms with Crippen molar-refractivity contribution in [2.24, 2.45) is 7.05 Å². The van der Waals surface area contributed by atoms with Gasteiger partial charge in [-0.3, -0.25) is 9.88 Å². The molecule has 3 aromatic heterocycles. The number of fused-ring (bicyclic) bond motifs is 2. The molecule has 7 nitrogen and oxygen atoms in total. The van der Waals surface area contributed by atoms with Crippen LogP contribution in [0.1, 0.15) is 24.3 Å². The van der Waals surface area contributed by atoms with Gasteiger partial charge in [0.1, 0.15) is 17.5 Å². The number of oxazole rings is 1. The monoisotopic (exact) mass is 435 g/mol. The van der Waals surface area contributed by atoms with Gasteiger partial charge in [-0.1, -0.05) is 12.1 Å². The van der Waals surface area contributed by atoms with Crippen molar-refractivity contribution in [2.75, 3.05) is 37.7 Å². The van der Waals surface area contributed by atoms with Crippen LogP contribution in [0.3, 0.4) is 0 Å². The van der Waals surface area contributed by atoms with E-state index in [1.807, 2.05) is 35.9 Å². The third kappa shape index (κ3) is 3.34. The van der Waals surface area contributed by atoms with Crippen LogP contribution in [-0.4, -0.2) is 58.4 Å². The molecule has 0 radical (unpaired) electrons. The molecule has 1 atom stereocenters. The first-order valence-corrected chi connectivity index (χ1v) is 11.2. The Morgan fingerprint density at radius 2 is 1.97 bits per heavy atom. The van der Waals surface area contributed by atoms with E-state index >= 15 is 0 Å². The molecule has 2 fully saturated rings. The molecule has 4 aromatic rings. The lowest BCUT2D eigenvalue weighted by Crippen LogP contribution is -2.57. The zero-order chi connectivity index (χ0) is 21.7. The maximum absolute atomic E-state index is 13.7. The minimum absolute atomic E-state index is 0.109. The maximum atomic E-state index is 13.7. The van der Waals surface area contributed by atoms with Crippen LogP contribution in [0.25, 0.3) is 22.1 Å². The molecule has 32 heavy (non-hydrogen) atoms. The summed E-state index contributed by atoms with van der Waals surface area (Å²) in [5.41, 5.74) is 4.68. The Hall–Kier alpha value is -2.97. The van der Waals surface area contributed by atoms with E-state index in [9.17, 15) is 4.39 Å². The highest BCUT2D eigenvalue weighted by Gasteiger charge is 2.35. The summed E-state index contributed by atoms with van der Waals surface area (Å²) in [7, 11) is 1.96. The van der Waals surface area contributed by atoms with Crippen LogP contribution in [0, 0.1) is 5.82 Å². The molecular weight excluding hydrogens is 409 g/mol. The number of aryl methyl sites for hydroxylation is 1. The van der Waals surface area contributed by atoms with E-state index in [2.05, 4.69) is 21.0 Å². The van der Waals surface area contributed by atoms with Crippen LogP contribution < -0.4 is 4.90 Å². The fraction of sp³-hybridized carbons (Fsp3) is 0.417. The second-order valence-corrected chi connectivity index (χ2v) is 8.74. The van der Waals surface area contributed by atoms with Crippen LogP contribution in [-0.2, 0) is 11.8 Å². The number of ether oxygens (including phenoxy) is 1. The van der Waals surface area contributed by atoms with Crippen molar-refractivity contribution in [3.05, 3.63) is 54.1 Å². The number of hydrogen-bond acceptors (Lipinski definition) is 6. The van der Waals surface area contributed by atoms with E-state index in [1.165, 1.54) is 11.8 Å². The van der Waals surface area contributed by atoms with Gasteiger partial charge in [0.2, 0.25) is 0 Å². The molecule has 0 aliphatic carbocycles. The fourth-order valence-corrected chi connectivity index (χ4v) is 5.17. The number of hydrogen-bond donors (Lipinski definition) is 0. The first-order chi connectivity index (χ1) is 15.7. The highest BCUT2D eigenvalue weighted by atomic mass is 19.1. The fourth-order valence-electron chi connectivity index (χ4n) is 5.17. The van der Waals surface area contributed by atoms with Crippen molar-refractivity contribution in [3.63, 3.8) is 0 Å². The first kappa shape index (κ1) is 19.7. The minimum atomic E-state index is -0.295. The maximum Gasteiger partial charge on any atom is 0.299 e. The van der Waals surface area contributed by atoms with Gasteiger partial charge in [0.15, 0.2) is 5.58 Å². The molecular formula is C24H26FN5O2. The van der Waals surface area contributed by atoms with E-state index in [4.69, 9.17) is 14.1 Å². The number of halogens is 1. The van der Waals surface area contributed by atoms with Gasteiger partial charge < -0.3 is 18.6 Å². The van der Waals surface area contributed by atoms with Crippen molar-refractivity contribution >= 4 is 28.1 Å². The summed E-state index contributed by atoms with van der Waals surface area (Å²) >= 11 is 0. The number of morpholine rings is 1. The van der Waals surface area contributed by atoms with Gasteiger partial charge in [0.05, 0.1) is 30.4 Å². The predicted octanol–water partition coefficient (Wildman–Crippen LogP) is 3.90. The molecule has 2 aliphatic rings. The summed E-state index contributed by atoms with van der Waals surface area (Å²) in [4.78, 5) is 13.8. The van der Waals surface area contributed by atoms with Crippen LogP contribution >= 0.6 is 0 Å². The zero-order valence-corrected chi connectivity index (χ0v) is 18.1. The van der Waals surface area contributed by atoms with Gasteiger partial charge >= 0.3 is 0 Å². The Labute approximate surface area is 185 Å². The molecule has 8 heteroatoms. The Balaban J connectivity index is 1.21. The van der Waals surface area contributed by atoms with Gasteiger partial charge in [-0.25, -0.2) is 4.39 Å². The number of piperidine rings is 1. The van der Waals surface area contributed by atoms with Crippen molar-refractivity contribution < 1.29 is 13.5 Å². The standard InChI is InChI=1S/C24H26FN5O2/c1-28-14-18(23-20(28)12-17(25)13-26-23)16-6-8-29(9-7-16)22-15-31-11-10-30(22)24-27-19-4-2-3-5-21(19)32-24/h2-5,12-14,16,22H,6-11,15H2,1H3. The molecule has 0 bridgehead atoms. The molecule has 0 spiro atoms. The lowest BCUT2D eigenvalue weighted by atomic mass is 9.90.